The number of benzene rings is 4. The SMILES string of the molecule is C.COc1ccc(S(=O)(=O)Cl)c(OC)c1.COc1ccc(S(=O)(=O)Nc2cc(-c3ccccc3OC)on2)c(OC)c1.COc1ccccc1-c1cc(N)no1.II. The van der Waals surface area contributed by atoms with Gasteiger partial charge in [0.2, 0.25) is 0 Å². The number of aromatic nitrogens is 2. The maximum atomic E-state index is 12.7. The van der Waals surface area contributed by atoms with E-state index in [1.165, 1.54) is 78.0 Å². The number of nitrogens with one attached hydrogen (secondary N) is 1. The molecule has 6 aromatic rings. The molecule has 4 aromatic carbocycles. The first-order valence-corrected chi connectivity index (χ1v) is 25.9. The van der Waals surface area contributed by atoms with E-state index in [2.05, 4.69) is 52.3 Å². The van der Waals surface area contributed by atoms with Crippen molar-refractivity contribution < 1.29 is 54.3 Å². The van der Waals surface area contributed by atoms with Crippen molar-refractivity contribution in [2.24, 2.45) is 0 Å². The zero-order valence-electron chi connectivity index (χ0n) is 31.1. The highest BCUT2D eigenvalue weighted by Crippen LogP contribution is 2.34. The van der Waals surface area contributed by atoms with E-state index in [4.69, 9.17) is 53.9 Å². The van der Waals surface area contributed by atoms with Gasteiger partial charge in [0.05, 0.1) is 53.8 Å². The first-order chi connectivity index (χ1) is 27.3. The Morgan fingerprint density at radius 1 is 0.586 bits per heavy atom. The molecule has 0 spiro atoms. The van der Waals surface area contributed by atoms with Crippen molar-refractivity contribution in [2.45, 2.75) is 17.2 Å². The van der Waals surface area contributed by atoms with Crippen LogP contribution in [0.25, 0.3) is 22.6 Å². The first kappa shape index (κ1) is 49.5. The van der Waals surface area contributed by atoms with Gasteiger partial charge in [-0.15, -0.1) is 0 Å². The fraction of sp³-hybridized carbons (Fsp3) is 0.189. The van der Waals surface area contributed by atoms with Crippen molar-refractivity contribution in [3.8, 4) is 57.1 Å². The molecule has 0 saturated heterocycles. The minimum absolute atomic E-state index is 0. The molecule has 2 heterocycles. The van der Waals surface area contributed by atoms with Crippen LogP contribution in [0, 0.1) is 0 Å². The second-order valence-electron chi connectivity index (χ2n) is 10.7. The fourth-order valence-electron chi connectivity index (χ4n) is 4.73. The van der Waals surface area contributed by atoms with Gasteiger partial charge in [0, 0.05) is 72.2 Å². The van der Waals surface area contributed by atoms with E-state index in [1.807, 2.05) is 36.4 Å². The average Bonchev–Trinajstić information content (AvgIpc) is 3.89. The number of para-hydroxylation sites is 2. The van der Waals surface area contributed by atoms with Crippen LogP contribution in [0.2, 0.25) is 0 Å². The molecule has 0 radical (unpaired) electrons. The number of halogens is 3. The number of sulfonamides is 1. The summed E-state index contributed by atoms with van der Waals surface area (Å²) in [6.45, 7) is 0. The van der Waals surface area contributed by atoms with Gasteiger partial charge in [-0.2, -0.15) is 0 Å². The Morgan fingerprint density at radius 2 is 1.02 bits per heavy atom. The van der Waals surface area contributed by atoms with E-state index in [1.54, 1.807) is 25.3 Å². The summed E-state index contributed by atoms with van der Waals surface area (Å²) >= 11 is 4.24. The molecule has 314 valence electrons. The first-order valence-electron chi connectivity index (χ1n) is 15.8. The lowest BCUT2D eigenvalue weighted by atomic mass is 10.1. The lowest BCUT2D eigenvalue weighted by molar-refractivity contribution is 0.386. The van der Waals surface area contributed by atoms with Gasteiger partial charge in [-0.05, 0) is 48.5 Å². The summed E-state index contributed by atoms with van der Waals surface area (Å²) in [5.74, 6) is 4.00. The van der Waals surface area contributed by atoms with Crippen LogP contribution in [0.3, 0.4) is 0 Å². The lowest BCUT2D eigenvalue weighted by Gasteiger charge is -2.11. The number of hydrogen-bond donors (Lipinski definition) is 2. The second-order valence-corrected chi connectivity index (χ2v) is 14.9. The summed E-state index contributed by atoms with van der Waals surface area (Å²) < 4.78 is 90.7. The number of nitrogen functional groups attached to an aromatic ring is 1. The molecule has 0 saturated carbocycles. The normalized spacial score (nSPS) is 10.4. The van der Waals surface area contributed by atoms with Gasteiger partial charge in [0.25, 0.3) is 19.1 Å². The highest BCUT2D eigenvalue weighted by atomic mass is 128. The van der Waals surface area contributed by atoms with Gasteiger partial charge in [-0.3, -0.25) is 4.72 Å². The van der Waals surface area contributed by atoms with E-state index >= 15 is 0 Å². The Kier molecular flexibility index (Phi) is 20.2. The molecule has 16 nitrogen and oxygen atoms in total. The molecule has 0 fully saturated rings. The monoisotopic (exact) mass is 1090 g/mol. The number of anilines is 2. The lowest BCUT2D eigenvalue weighted by Crippen LogP contribution is -2.14. The van der Waals surface area contributed by atoms with Gasteiger partial charge in [-0.25, -0.2) is 16.8 Å². The quantitative estimate of drug-likeness (QED) is 0.0864. The van der Waals surface area contributed by atoms with Crippen LogP contribution >= 0.6 is 47.9 Å². The summed E-state index contributed by atoms with van der Waals surface area (Å²) in [4.78, 5) is -0.116. The number of nitrogens with zero attached hydrogens (tertiary/aromatic N) is 2. The smallest absolute Gasteiger partial charge is 0.266 e. The van der Waals surface area contributed by atoms with E-state index in [0.29, 0.717) is 40.2 Å². The van der Waals surface area contributed by atoms with Crippen LogP contribution in [-0.4, -0.2) is 69.8 Å². The third-order valence-electron chi connectivity index (χ3n) is 7.32. The minimum Gasteiger partial charge on any atom is -0.497 e. The molecule has 0 aliphatic heterocycles. The van der Waals surface area contributed by atoms with Crippen LogP contribution in [0.1, 0.15) is 7.43 Å². The van der Waals surface area contributed by atoms with Gasteiger partial charge < -0.3 is 43.2 Å². The largest absolute Gasteiger partial charge is 0.497 e. The molecule has 0 amide bonds. The molecule has 0 aliphatic rings. The number of rotatable bonds is 12. The minimum atomic E-state index is -3.95. The highest BCUT2D eigenvalue weighted by molar-refractivity contribution is 15.0. The van der Waals surface area contributed by atoms with E-state index in [-0.39, 0.29) is 34.5 Å². The summed E-state index contributed by atoms with van der Waals surface area (Å²) in [6, 6.07) is 26.5. The third-order valence-corrected chi connectivity index (χ3v) is 10.1. The van der Waals surface area contributed by atoms with Crippen molar-refractivity contribution >= 4 is 78.6 Å². The summed E-state index contributed by atoms with van der Waals surface area (Å²) in [5, 5.41) is 7.40. The molecule has 0 atom stereocenters. The number of nitrogens with two attached hydrogens (primary N) is 1. The molecule has 58 heavy (non-hydrogen) atoms. The van der Waals surface area contributed by atoms with Gasteiger partial charge >= 0.3 is 0 Å². The Labute approximate surface area is 365 Å². The molecule has 2 aromatic heterocycles. The van der Waals surface area contributed by atoms with Crippen molar-refractivity contribution in [1.82, 2.24) is 10.3 Å². The number of methoxy groups -OCH3 is 6. The predicted molar refractivity (Wildman–Crippen MR) is 239 cm³/mol. The topological polar surface area (TPSA) is 214 Å². The Bertz CT molecular complexity index is 2430. The van der Waals surface area contributed by atoms with Crippen molar-refractivity contribution in [2.75, 3.05) is 53.1 Å². The maximum absolute atomic E-state index is 12.7. The molecule has 0 unspecified atom stereocenters. The van der Waals surface area contributed by atoms with Crippen molar-refractivity contribution in [3.63, 3.8) is 0 Å². The molecule has 3 N–H and O–H groups in total. The predicted octanol–water partition coefficient (Wildman–Crippen LogP) is 9.14. The van der Waals surface area contributed by atoms with Gasteiger partial charge in [-0.1, -0.05) is 42.0 Å². The summed E-state index contributed by atoms with van der Waals surface area (Å²) in [6.07, 6.45) is 0. The van der Waals surface area contributed by atoms with Gasteiger partial charge in [0.15, 0.2) is 23.2 Å². The number of ether oxygens (including phenoxy) is 6. The standard InChI is InChI=1S/C18H18N2O6S.C10H10N2O2.C8H9ClO4S.CH4.I2/c1-23-12-8-9-17(16(10-12)25-3)27(21,22)20-18-11-15(26-19-18)13-6-4-5-7-14(13)24-2;1-13-8-5-3-2-4-7(8)9-6-10(11)12-14-9;1-12-6-3-4-8(14(9,10)11)7(5-6)13-2;;1-2/h4-11H,1-3H3,(H,19,20);2-6H,1H3,(H2,11,12);3-5H,1-2H3;1H4;. The van der Waals surface area contributed by atoms with Crippen molar-refractivity contribution in [1.29, 1.82) is 0 Å². The molecule has 21 heteroatoms. The van der Waals surface area contributed by atoms with Crippen LogP contribution in [-0.2, 0) is 19.1 Å². The van der Waals surface area contributed by atoms with Gasteiger partial charge in [0.1, 0.15) is 44.3 Å². The zero-order chi connectivity index (χ0) is 42.2. The molecule has 0 bridgehead atoms. The van der Waals surface area contributed by atoms with E-state index in [9.17, 15) is 16.8 Å². The zero-order valence-corrected chi connectivity index (χ0v) is 37.8. The molecular formula is C37H41ClI2N4O12S2. The summed E-state index contributed by atoms with van der Waals surface area (Å²) in [7, 11) is 6.30. The fourth-order valence-corrected chi connectivity index (χ4v) is 6.86. The van der Waals surface area contributed by atoms with Crippen molar-refractivity contribution in [3.05, 3.63) is 97.1 Å². The van der Waals surface area contributed by atoms with E-state index < -0.39 is 19.1 Å². The van der Waals surface area contributed by atoms with Crippen LogP contribution in [0.4, 0.5) is 11.6 Å². The highest BCUT2D eigenvalue weighted by Gasteiger charge is 2.23. The van der Waals surface area contributed by atoms with Crippen LogP contribution in [0.15, 0.2) is 116 Å². The molecule has 0 aliphatic carbocycles. The maximum Gasteiger partial charge on any atom is 0.266 e. The Morgan fingerprint density at radius 3 is 1.45 bits per heavy atom. The third kappa shape index (κ3) is 13.5. The van der Waals surface area contributed by atoms with Crippen LogP contribution < -0.4 is 38.9 Å². The molecule has 6 rings (SSSR count). The van der Waals surface area contributed by atoms with Crippen LogP contribution in [0.5, 0.6) is 34.5 Å². The number of hydrogen-bond acceptors (Lipinski definition) is 15. The average molecular weight is 1090 g/mol. The second kappa shape index (κ2) is 23.7. The Hall–Kier alpha value is -4.65. The molecular weight excluding hydrogens is 1050 g/mol. The summed E-state index contributed by atoms with van der Waals surface area (Å²) in [5.41, 5.74) is 6.96. The Balaban J connectivity index is 0.000000317. The van der Waals surface area contributed by atoms with E-state index in [0.717, 1.165) is 11.3 Å².